The number of aryl methyl sites for hydroxylation is 1. The molecule has 0 saturated carbocycles. The van der Waals surface area contributed by atoms with Crippen LogP contribution < -0.4 is 4.74 Å². The van der Waals surface area contributed by atoms with Gasteiger partial charge in [0.2, 0.25) is 0 Å². The summed E-state index contributed by atoms with van der Waals surface area (Å²) in [7, 11) is 1.39. The predicted octanol–water partition coefficient (Wildman–Crippen LogP) is 3.36. The fourth-order valence-electron chi connectivity index (χ4n) is 2.79. The average molecular weight is 308 g/mol. The second-order valence-electron chi connectivity index (χ2n) is 5.42. The van der Waals surface area contributed by atoms with Crippen LogP contribution in [0.15, 0.2) is 36.5 Å². The first kappa shape index (κ1) is 15.0. The molecular weight excluding hydrogens is 292 g/mol. The molecule has 0 radical (unpaired) electrons. The van der Waals surface area contributed by atoms with Crippen molar-refractivity contribution in [1.29, 1.82) is 0 Å². The first-order chi connectivity index (χ1) is 11.2. The highest BCUT2D eigenvalue weighted by Gasteiger charge is 2.21. The van der Waals surface area contributed by atoms with Gasteiger partial charge in [-0.1, -0.05) is 12.6 Å². The molecular formula is C18H16N2O3. The molecule has 1 unspecified atom stereocenters. The van der Waals surface area contributed by atoms with Crippen LogP contribution in [0.4, 0.5) is 5.82 Å². The number of ether oxygens (including phenoxy) is 2. The number of esters is 1. The summed E-state index contributed by atoms with van der Waals surface area (Å²) in [5, 5.41) is 0. The van der Waals surface area contributed by atoms with Gasteiger partial charge >= 0.3 is 5.97 Å². The molecule has 1 aliphatic carbocycles. The molecule has 5 nitrogen and oxygen atoms in total. The van der Waals surface area contributed by atoms with Crippen molar-refractivity contribution in [2.24, 2.45) is 0 Å². The van der Waals surface area contributed by atoms with Gasteiger partial charge in [0.1, 0.15) is 18.1 Å². The van der Waals surface area contributed by atoms with Crippen LogP contribution in [0.1, 0.15) is 27.9 Å². The summed E-state index contributed by atoms with van der Waals surface area (Å²) in [5.74, 6) is 0.696. The highest BCUT2D eigenvalue weighted by molar-refractivity contribution is 5.89. The molecule has 3 rings (SSSR count). The van der Waals surface area contributed by atoms with E-state index in [4.69, 9.17) is 16.0 Å². The van der Waals surface area contributed by atoms with Gasteiger partial charge in [-0.2, -0.15) is 0 Å². The number of carbonyl (C=O) groups is 1. The van der Waals surface area contributed by atoms with Gasteiger partial charge in [-0.15, -0.1) is 4.98 Å². The van der Waals surface area contributed by atoms with Gasteiger partial charge in [0.15, 0.2) is 0 Å². The van der Waals surface area contributed by atoms with E-state index in [0.29, 0.717) is 17.1 Å². The third-order valence-corrected chi connectivity index (χ3v) is 3.94. The number of fused-ring (bicyclic) bond motifs is 1. The monoisotopic (exact) mass is 308 g/mol. The van der Waals surface area contributed by atoms with Crippen LogP contribution in [0.3, 0.4) is 0 Å². The summed E-state index contributed by atoms with van der Waals surface area (Å²) >= 11 is 0. The van der Waals surface area contributed by atoms with Crippen molar-refractivity contribution in [3.8, 4) is 5.75 Å². The Morgan fingerprint density at radius 1 is 1.30 bits per heavy atom. The van der Waals surface area contributed by atoms with Crippen LogP contribution in [-0.2, 0) is 17.6 Å². The van der Waals surface area contributed by atoms with Crippen LogP contribution in [0.25, 0.3) is 4.85 Å². The normalized spacial score (nSPS) is 16.1. The van der Waals surface area contributed by atoms with Crippen molar-refractivity contribution >= 4 is 11.8 Å². The number of rotatable bonds is 3. The van der Waals surface area contributed by atoms with Gasteiger partial charge in [0, 0.05) is 18.6 Å². The Morgan fingerprint density at radius 2 is 2.17 bits per heavy atom. The van der Waals surface area contributed by atoms with Crippen molar-refractivity contribution in [3.05, 3.63) is 64.6 Å². The summed E-state index contributed by atoms with van der Waals surface area (Å²) < 4.78 is 10.7. The van der Waals surface area contributed by atoms with E-state index < -0.39 is 0 Å². The summed E-state index contributed by atoms with van der Waals surface area (Å²) in [6.45, 7) is 7.00. The van der Waals surface area contributed by atoms with Crippen molar-refractivity contribution in [2.45, 2.75) is 25.4 Å². The van der Waals surface area contributed by atoms with Gasteiger partial charge in [-0.05, 0) is 36.1 Å². The topological polar surface area (TPSA) is 52.8 Å². The molecule has 1 aromatic carbocycles. The van der Waals surface area contributed by atoms with E-state index in [1.54, 1.807) is 24.4 Å². The lowest BCUT2D eigenvalue weighted by molar-refractivity contribution is 0.0600. The SMILES string of the molecule is [C-]#[N+]c1cc(OC2CCc3cc(C(=O)OC)ccc3C2)ccn1. The Morgan fingerprint density at radius 3 is 2.96 bits per heavy atom. The number of carbonyl (C=O) groups excluding carboxylic acids is 1. The molecule has 1 aromatic heterocycles. The number of methoxy groups -OCH3 is 1. The van der Waals surface area contributed by atoms with Gasteiger partial charge in [0.25, 0.3) is 5.82 Å². The second-order valence-corrected chi connectivity index (χ2v) is 5.42. The Bertz CT molecular complexity index is 780. The molecule has 23 heavy (non-hydrogen) atoms. The molecule has 2 aromatic rings. The second kappa shape index (κ2) is 6.49. The molecule has 0 aliphatic heterocycles. The minimum atomic E-state index is -0.311. The Labute approximate surface area is 134 Å². The van der Waals surface area contributed by atoms with Crippen molar-refractivity contribution in [2.75, 3.05) is 7.11 Å². The quantitative estimate of drug-likeness (QED) is 0.644. The van der Waals surface area contributed by atoms with Gasteiger partial charge in [-0.3, -0.25) is 0 Å². The van der Waals surface area contributed by atoms with E-state index in [-0.39, 0.29) is 12.1 Å². The van der Waals surface area contributed by atoms with Crippen LogP contribution in [0.5, 0.6) is 5.75 Å². The maximum atomic E-state index is 11.6. The number of hydrogen-bond donors (Lipinski definition) is 0. The standard InChI is InChI=1S/C18H16N2O3/c1-19-17-11-16(7-8-20-17)23-15-6-5-12-9-14(18(21)22-2)4-3-13(12)10-15/h3-4,7-9,11,15H,5-6,10H2,2H3. The molecule has 1 heterocycles. The molecule has 116 valence electrons. The molecule has 0 fully saturated rings. The summed E-state index contributed by atoms with van der Waals surface area (Å²) in [4.78, 5) is 18.8. The van der Waals surface area contributed by atoms with Gasteiger partial charge in [0.05, 0.1) is 12.7 Å². The summed E-state index contributed by atoms with van der Waals surface area (Å²) in [6.07, 6.45) is 4.15. The maximum absolute atomic E-state index is 11.6. The molecule has 0 saturated heterocycles. The van der Waals surface area contributed by atoms with Gasteiger partial charge in [-0.25, -0.2) is 4.79 Å². The predicted molar refractivity (Wildman–Crippen MR) is 84.7 cm³/mol. The fraction of sp³-hybridized carbons (Fsp3) is 0.278. The molecule has 0 amide bonds. The number of benzene rings is 1. The van der Waals surface area contributed by atoms with Crippen LogP contribution >= 0.6 is 0 Å². The lowest BCUT2D eigenvalue weighted by Crippen LogP contribution is -2.25. The van der Waals surface area contributed by atoms with Crippen molar-refractivity contribution in [3.63, 3.8) is 0 Å². The number of pyridine rings is 1. The van der Waals surface area contributed by atoms with Crippen LogP contribution in [-0.4, -0.2) is 24.2 Å². The Hall–Kier alpha value is -2.87. The van der Waals surface area contributed by atoms with E-state index in [0.717, 1.165) is 19.3 Å². The van der Waals surface area contributed by atoms with E-state index >= 15 is 0 Å². The lowest BCUT2D eigenvalue weighted by Gasteiger charge is -2.26. The molecule has 1 atom stereocenters. The van der Waals surface area contributed by atoms with Crippen molar-refractivity contribution in [1.82, 2.24) is 4.98 Å². The third-order valence-electron chi connectivity index (χ3n) is 3.94. The highest BCUT2D eigenvalue weighted by Crippen LogP contribution is 2.27. The highest BCUT2D eigenvalue weighted by atomic mass is 16.5. The van der Waals surface area contributed by atoms with Gasteiger partial charge < -0.3 is 14.3 Å². The molecule has 5 heteroatoms. The molecule has 0 bridgehead atoms. The molecule has 0 N–H and O–H groups in total. The van der Waals surface area contributed by atoms with Crippen LogP contribution in [0.2, 0.25) is 0 Å². The Kier molecular flexibility index (Phi) is 4.24. The van der Waals surface area contributed by atoms with E-state index in [9.17, 15) is 4.79 Å². The first-order valence-corrected chi connectivity index (χ1v) is 7.40. The zero-order chi connectivity index (χ0) is 16.2. The van der Waals surface area contributed by atoms with Crippen LogP contribution in [0, 0.1) is 6.57 Å². The maximum Gasteiger partial charge on any atom is 0.337 e. The average Bonchev–Trinajstić information content (AvgIpc) is 2.60. The summed E-state index contributed by atoms with van der Waals surface area (Å²) in [5.41, 5.74) is 2.94. The molecule has 0 spiro atoms. The smallest absolute Gasteiger partial charge is 0.337 e. The minimum absolute atomic E-state index is 0.0625. The number of hydrogen-bond acceptors (Lipinski definition) is 4. The fourth-order valence-corrected chi connectivity index (χ4v) is 2.79. The lowest BCUT2D eigenvalue weighted by atomic mass is 9.88. The zero-order valence-electron chi connectivity index (χ0n) is 12.8. The largest absolute Gasteiger partial charge is 0.491 e. The first-order valence-electron chi connectivity index (χ1n) is 7.40. The minimum Gasteiger partial charge on any atom is -0.491 e. The van der Waals surface area contributed by atoms with Crippen molar-refractivity contribution < 1.29 is 14.3 Å². The number of nitrogens with zero attached hydrogens (tertiary/aromatic N) is 2. The number of aromatic nitrogens is 1. The third kappa shape index (κ3) is 3.32. The summed E-state index contributed by atoms with van der Waals surface area (Å²) in [6, 6.07) is 9.08. The molecule has 1 aliphatic rings. The van der Waals surface area contributed by atoms with E-state index in [1.807, 2.05) is 12.1 Å². The zero-order valence-corrected chi connectivity index (χ0v) is 12.8. The van der Waals surface area contributed by atoms with E-state index in [1.165, 1.54) is 18.2 Å². The Balaban J connectivity index is 1.73. The van der Waals surface area contributed by atoms with E-state index in [2.05, 4.69) is 9.83 Å².